The molecule has 1 aliphatic heterocycles. The molecule has 4 nitrogen and oxygen atoms in total. The molecule has 2 heterocycles. The smallest absolute Gasteiger partial charge is 0.140 e. The summed E-state index contributed by atoms with van der Waals surface area (Å²) < 4.78 is 5.54. The third-order valence-corrected chi connectivity index (χ3v) is 4.98. The van der Waals surface area contributed by atoms with Crippen molar-refractivity contribution in [2.24, 2.45) is 5.92 Å². The molecule has 0 aliphatic carbocycles. The topological polar surface area (TPSA) is 37.4 Å². The van der Waals surface area contributed by atoms with Crippen molar-refractivity contribution in [3.05, 3.63) is 47.1 Å². The summed E-state index contributed by atoms with van der Waals surface area (Å²) in [6.45, 7) is 6.46. The zero-order valence-electron chi connectivity index (χ0n) is 15.8. The van der Waals surface area contributed by atoms with Crippen LogP contribution in [0.4, 0.5) is 11.5 Å². The van der Waals surface area contributed by atoms with Crippen LogP contribution >= 0.6 is 11.6 Å². The third-order valence-electron chi connectivity index (χ3n) is 4.75. The molecule has 0 spiro atoms. The number of hydrogen-bond donors (Lipinski definition) is 1. The first-order valence-electron chi connectivity index (χ1n) is 9.38. The Labute approximate surface area is 161 Å². The number of rotatable bonds is 6. The van der Waals surface area contributed by atoms with E-state index >= 15 is 0 Å². The van der Waals surface area contributed by atoms with Crippen LogP contribution in [-0.2, 0) is 6.42 Å². The lowest BCUT2D eigenvalue weighted by Crippen LogP contribution is -2.41. The summed E-state index contributed by atoms with van der Waals surface area (Å²) in [5.74, 6) is 2.35. The van der Waals surface area contributed by atoms with E-state index in [4.69, 9.17) is 21.3 Å². The Morgan fingerprint density at radius 3 is 2.65 bits per heavy atom. The summed E-state index contributed by atoms with van der Waals surface area (Å²) in [6, 6.07) is 12.6. The monoisotopic (exact) mass is 373 g/mol. The highest BCUT2D eigenvalue weighted by Gasteiger charge is 2.25. The number of benzene rings is 1. The summed E-state index contributed by atoms with van der Waals surface area (Å²) in [7, 11) is 1.71. The van der Waals surface area contributed by atoms with Crippen LogP contribution < -0.4 is 15.0 Å². The second-order valence-electron chi connectivity index (χ2n) is 7.25. The number of halogens is 1. The molecule has 0 amide bonds. The normalized spacial score (nSPS) is 15.3. The number of nitrogens with one attached hydrogen (secondary N) is 1. The Bertz CT molecular complexity index is 729. The van der Waals surface area contributed by atoms with Gasteiger partial charge in [0, 0.05) is 16.8 Å². The average molecular weight is 374 g/mol. The second kappa shape index (κ2) is 8.74. The van der Waals surface area contributed by atoms with Crippen molar-refractivity contribution >= 4 is 23.1 Å². The van der Waals surface area contributed by atoms with Gasteiger partial charge < -0.3 is 15.0 Å². The van der Waals surface area contributed by atoms with E-state index in [-0.39, 0.29) is 0 Å². The maximum Gasteiger partial charge on any atom is 0.140 e. The number of anilines is 2. The van der Waals surface area contributed by atoms with Gasteiger partial charge in [-0.3, -0.25) is 0 Å². The molecular formula is C21H28ClN3O. The number of piperidine rings is 1. The third kappa shape index (κ3) is 4.49. The van der Waals surface area contributed by atoms with Crippen LogP contribution in [0.3, 0.4) is 0 Å². The molecule has 1 aromatic carbocycles. The van der Waals surface area contributed by atoms with E-state index in [0.29, 0.717) is 12.0 Å². The van der Waals surface area contributed by atoms with Gasteiger partial charge in [-0.2, -0.15) is 0 Å². The van der Waals surface area contributed by atoms with Crippen molar-refractivity contribution in [3.63, 3.8) is 0 Å². The van der Waals surface area contributed by atoms with Crippen molar-refractivity contribution in [1.29, 1.82) is 0 Å². The molecule has 0 unspecified atom stereocenters. The standard InChI is InChI=1S/C21H28ClN3O/c1-15(2)13-19-20(26-3)7-8-21(24-19)25(17-9-11-23-12-10-17)18-6-4-5-16(22)14-18/h4-8,14-15,17,23H,9-13H2,1-3H3. The van der Waals surface area contributed by atoms with E-state index in [2.05, 4.69) is 36.2 Å². The fraction of sp³-hybridized carbons (Fsp3) is 0.476. The summed E-state index contributed by atoms with van der Waals surface area (Å²) in [5.41, 5.74) is 2.11. The van der Waals surface area contributed by atoms with Crippen molar-refractivity contribution < 1.29 is 4.74 Å². The van der Waals surface area contributed by atoms with Crippen molar-refractivity contribution in [2.75, 3.05) is 25.1 Å². The molecule has 1 aliphatic rings. The van der Waals surface area contributed by atoms with E-state index in [9.17, 15) is 0 Å². The van der Waals surface area contributed by atoms with Crippen molar-refractivity contribution in [1.82, 2.24) is 10.3 Å². The molecular weight excluding hydrogens is 346 g/mol. The van der Waals surface area contributed by atoms with Crippen LogP contribution in [0.15, 0.2) is 36.4 Å². The van der Waals surface area contributed by atoms with Crippen LogP contribution in [0.25, 0.3) is 0 Å². The quantitative estimate of drug-likeness (QED) is 0.786. The van der Waals surface area contributed by atoms with Gasteiger partial charge in [0.05, 0.1) is 12.8 Å². The van der Waals surface area contributed by atoms with E-state index in [1.807, 2.05) is 24.3 Å². The van der Waals surface area contributed by atoms with E-state index in [0.717, 1.165) is 60.3 Å². The van der Waals surface area contributed by atoms with Gasteiger partial charge in [-0.25, -0.2) is 4.98 Å². The first-order valence-corrected chi connectivity index (χ1v) is 9.75. The highest BCUT2D eigenvalue weighted by molar-refractivity contribution is 6.30. The van der Waals surface area contributed by atoms with E-state index < -0.39 is 0 Å². The highest BCUT2D eigenvalue weighted by Crippen LogP contribution is 2.33. The van der Waals surface area contributed by atoms with Crippen molar-refractivity contribution in [3.8, 4) is 5.75 Å². The lowest BCUT2D eigenvalue weighted by atomic mass is 10.0. The molecule has 0 atom stereocenters. The first-order chi connectivity index (χ1) is 12.6. The number of pyridine rings is 1. The molecule has 26 heavy (non-hydrogen) atoms. The molecule has 1 aromatic heterocycles. The number of nitrogens with zero attached hydrogens (tertiary/aromatic N) is 2. The Hall–Kier alpha value is -1.78. The Balaban J connectivity index is 2.03. The van der Waals surface area contributed by atoms with E-state index in [1.165, 1.54) is 0 Å². The predicted octanol–water partition coefficient (Wildman–Crippen LogP) is 4.83. The van der Waals surface area contributed by atoms with Gasteiger partial charge in [-0.15, -0.1) is 0 Å². The van der Waals surface area contributed by atoms with Crippen LogP contribution in [-0.4, -0.2) is 31.2 Å². The van der Waals surface area contributed by atoms with Crippen LogP contribution in [0.2, 0.25) is 5.02 Å². The number of methoxy groups -OCH3 is 1. The zero-order valence-corrected chi connectivity index (χ0v) is 16.6. The molecule has 5 heteroatoms. The average Bonchev–Trinajstić information content (AvgIpc) is 2.63. The highest BCUT2D eigenvalue weighted by atomic mass is 35.5. The maximum absolute atomic E-state index is 6.28. The molecule has 2 aromatic rings. The van der Waals surface area contributed by atoms with Gasteiger partial charge in [0.15, 0.2) is 0 Å². The minimum atomic E-state index is 0.405. The van der Waals surface area contributed by atoms with Crippen LogP contribution in [0.5, 0.6) is 5.75 Å². The summed E-state index contributed by atoms with van der Waals surface area (Å²) in [6.07, 6.45) is 3.06. The fourth-order valence-electron chi connectivity index (χ4n) is 3.55. The van der Waals surface area contributed by atoms with Gasteiger partial charge in [-0.05, 0) is 68.6 Å². The zero-order chi connectivity index (χ0) is 18.5. The first kappa shape index (κ1) is 19.0. The molecule has 1 N–H and O–H groups in total. The van der Waals surface area contributed by atoms with E-state index in [1.54, 1.807) is 7.11 Å². The number of hydrogen-bond acceptors (Lipinski definition) is 4. The maximum atomic E-state index is 6.28. The van der Waals surface area contributed by atoms with Crippen LogP contribution in [0, 0.1) is 5.92 Å². The number of ether oxygens (including phenoxy) is 1. The van der Waals surface area contributed by atoms with Gasteiger partial charge >= 0.3 is 0 Å². The predicted molar refractivity (Wildman–Crippen MR) is 109 cm³/mol. The minimum absolute atomic E-state index is 0.405. The molecule has 0 bridgehead atoms. The Kier molecular flexibility index (Phi) is 6.38. The Morgan fingerprint density at radius 1 is 1.23 bits per heavy atom. The summed E-state index contributed by atoms with van der Waals surface area (Å²) in [5, 5.41) is 4.19. The summed E-state index contributed by atoms with van der Waals surface area (Å²) in [4.78, 5) is 7.35. The van der Waals surface area contributed by atoms with Gasteiger partial charge in [0.25, 0.3) is 0 Å². The van der Waals surface area contributed by atoms with Gasteiger partial charge in [-0.1, -0.05) is 31.5 Å². The largest absolute Gasteiger partial charge is 0.495 e. The second-order valence-corrected chi connectivity index (χ2v) is 7.68. The molecule has 1 fully saturated rings. The molecule has 140 valence electrons. The molecule has 0 radical (unpaired) electrons. The number of aromatic nitrogens is 1. The fourth-order valence-corrected chi connectivity index (χ4v) is 3.74. The summed E-state index contributed by atoms with van der Waals surface area (Å²) >= 11 is 6.28. The molecule has 1 saturated heterocycles. The van der Waals surface area contributed by atoms with Crippen LogP contribution in [0.1, 0.15) is 32.4 Å². The van der Waals surface area contributed by atoms with Gasteiger partial charge in [0.1, 0.15) is 11.6 Å². The van der Waals surface area contributed by atoms with Crippen molar-refractivity contribution in [2.45, 2.75) is 39.2 Å². The minimum Gasteiger partial charge on any atom is -0.495 e. The SMILES string of the molecule is COc1ccc(N(c2cccc(Cl)c2)C2CCNCC2)nc1CC(C)C. The Morgan fingerprint density at radius 2 is 2.00 bits per heavy atom. The lowest BCUT2D eigenvalue weighted by molar-refractivity contribution is 0.402. The molecule has 3 rings (SSSR count). The lowest BCUT2D eigenvalue weighted by Gasteiger charge is -2.36. The molecule has 0 saturated carbocycles. The van der Waals surface area contributed by atoms with Gasteiger partial charge in [0.2, 0.25) is 0 Å².